The second-order valence-corrected chi connectivity index (χ2v) is 4.14. The molecule has 0 fully saturated rings. The molecule has 15 heavy (non-hydrogen) atoms. The zero-order chi connectivity index (χ0) is 10.8. The molecule has 0 atom stereocenters. The van der Waals surface area contributed by atoms with Gasteiger partial charge in [-0.2, -0.15) is 0 Å². The van der Waals surface area contributed by atoms with Crippen molar-refractivity contribution in [1.29, 1.82) is 0 Å². The zero-order valence-electron chi connectivity index (χ0n) is 9.45. The van der Waals surface area contributed by atoms with Gasteiger partial charge in [0.1, 0.15) is 11.5 Å². The van der Waals surface area contributed by atoms with Gasteiger partial charge in [0.15, 0.2) is 0 Å². The van der Waals surface area contributed by atoms with Gasteiger partial charge < -0.3 is 4.42 Å². The molecule has 0 aliphatic heterocycles. The molecule has 0 saturated heterocycles. The lowest BCUT2D eigenvalue weighted by Gasteiger charge is -1.99. The fourth-order valence-electron chi connectivity index (χ4n) is 1.81. The molecule has 0 N–H and O–H groups in total. The van der Waals surface area contributed by atoms with E-state index in [4.69, 9.17) is 4.42 Å². The highest BCUT2D eigenvalue weighted by atomic mass is 16.3. The second kappa shape index (κ2) is 3.93. The normalized spacial score (nSPS) is 10.9. The molecule has 2 rings (SSSR count). The summed E-state index contributed by atoms with van der Waals surface area (Å²) >= 11 is 0. The maximum Gasteiger partial charge on any atom is 0.134 e. The van der Waals surface area contributed by atoms with Crippen LogP contribution >= 0.6 is 0 Å². The van der Waals surface area contributed by atoms with Crippen LogP contribution < -0.4 is 0 Å². The topological polar surface area (TPSA) is 13.1 Å². The average Bonchev–Trinajstić information content (AvgIpc) is 2.62. The predicted octanol–water partition coefficient (Wildman–Crippen LogP) is 4.38. The van der Waals surface area contributed by atoms with Crippen molar-refractivity contribution in [2.24, 2.45) is 0 Å². The van der Waals surface area contributed by atoms with Crippen LogP contribution in [0.15, 0.2) is 40.8 Å². The van der Waals surface area contributed by atoms with E-state index in [1.807, 2.05) is 25.1 Å². The van der Waals surface area contributed by atoms with Gasteiger partial charge in [-0.1, -0.05) is 44.2 Å². The molecule has 0 saturated carbocycles. The van der Waals surface area contributed by atoms with Gasteiger partial charge in [0.2, 0.25) is 0 Å². The Labute approximate surface area is 90.7 Å². The summed E-state index contributed by atoms with van der Waals surface area (Å²) < 4.78 is 5.76. The van der Waals surface area contributed by atoms with Gasteiger partial charge in [0.25, 0.3) is 0 Å². The molecule has 0 bridgehead atoms. The molecule has 1 aromatic carbocycles. The van der Waals surface area contributed by atoms with Crippen LogP contribution in [0.4, 0.5) is 0 Å². The van der Waals surface area contributed by atoms with Crippen molar-refractivity contribution in [3.63, 3.8) is 0 Å². The number of benzene rings is 1. The van der Waals surface area contributed by atoms with Crippen molar-refractivity contribution in [1.82, 2.24) is 0 Å². The fraction of sp³-hybridized carbons (Fsp3) is 0.286. The maximum atomic E-state index is 5.76. The van der Waals surface area contributed by atoms with E-state index in [-0.39, 0.29) is 0 Å². The highest BCUT2D eigenvalue weighted by molar-refractivity contribution is 5.58. The summed E-state index contributed by atoms with van der Waals surface area (Å²) in [7, 11) is 0. The standard InChI is InChI=1S/C14H16O/c1-10(2)13-9-14(15-11(13)3)12-7-5-4-6-8-12/h4-10H,1-3H3. The Bertz CT molecular complexity index is 438. The van der Waals surface area contributed by atoms with Crippen LogP contribution in [-0.4, -0.2) is 0 Å². The summed E-state index contributed by atoms with van der Waals surface area (Å²) in [4.78, 5) is 0. The van der Waals surface area contributed by atoms with Gasteiger partial charge in [0.05, 0.1) is 0 Å². The van der Waals surface area contributed by atoms with Crippen LogP contribution in [0.1, 0.15) is 31.1 Å². The van der Waals surface area contributed by atoms with Crippen molar-refractivity contribution < 1.29 is 4.42 Å². The molecule has 1 heterocycles. The highest BCUT2D eigenvalue weighted by Crippen LogP contribution is 2.29. The van der Waals surface area contributed by atoms with Crippen LogP contribution in [0.5, 0.6) is 0 Å². The van der Waals surface area contributed by atoms with Crippen molar-refractivity contribution in [3.8, 4) is 11.3 Å². The first kappa shape index (κ1) is 10.0. The monoisotopic (exact) mass is 200 g/mol. The van der Waals surface area contributed by atoms with Crippen molar-refractivity contribution >= 4 is 0 Å². The minimum Gasteiger partial charge on any atom is -0.461 e. The summed E-state index contributed by atoms with van der Waals surface area (Å²) in [5.41, 5.74) is 2.45. The molecule has 1 aromatic heterocycles. The molecule has 1 heteroatoms. The van der Waals surface area contributed by atoms with Gasteiger partial charge in [0, 0.05) is 5.56 Å². The van der Waals surface area contributed by atoms with E-state index >= 15 is 0 Å². The Morgan fingerprint density at radius 3 is 2.27 bits per heavy atom. The third kappa shape index (κ3) is 1.96. The van der Waals surface area contributed by atoms with Crippen LogP contribution in [0.3, 0.4) is 0 Å². The second-order valence-electron chi connectivity index (χ2n) is 4.14. The number of hydrogen-bond acceptors (Lipinski definition) is 1. The lowest BCUT2D eigenvalue weighted by molar-refractivity contribution is 0.540. The molecule has 0 aliphatic rings. The Hall–Kier alpha value is -1.50. The van der Waals surface area contributed by atoms with Crippen LogP contribution in [0.25, 0.3) is 11.3 Å². The first-order chi connectivity index (χ1) is 7.18. The van der Waals surface area contributed by atoms with E-state index < -0.39 is 0 Å². The summed E-state index contributed by atoms with van der Waals surface area (Å²) in [6.45, 7) is 6.40. The largest absolute Gasteiger partial charge is 0.461 e. The lowest BCUT2D eigenvalue weighted by atomic mass is 10.0. The van der Waals surface area contributed by atoms with Crippen molar-refractivity contribution in [2.45, 2.75) is 26.7 Å². The summed E-state index contributed by atoms with van der Waals surface area (Å²) in [5, 5.41) is 0. The Morgan fingerprint density at radius 2 is 1.73 bits per heavy atom. The third-order valence-corrected chi connectivity index (χ3v) is 2.64. The highest BCUT2D eigenvalue weighted by Gasteiger charge is 2.11. The fourth-order valence-corrected chi connectivity index (χ4v) is 1.81. The molecule has 2 aromatic rings. The Kier molecular flexibility index (Phi) is 2.63. The molecular weight excluding hydrogens is 184 g/mol. The lowest BCUT2D eigenvalue weighted by Crippen LogP contribution is -1.84. The number of aryl methyl sites for hydroxylation is 1. The van der Waals surface area contributed by atoms with Crippen LogP contribution in [0.2, 0.25) is 0 Å². The summed E-state index contributed by atoms with van der Waals surface area (Å²) in [6.07, 6.45) is 0. The molecule has 0 spiro atoms. The van der Waals surface area contributed by atoms with Gasteiger partial charge in [-0.25, -0.2) is 0 Å². The minimum absolute atomic E-state index is 0.520. The molecule has 78 valence electrons. The van der Waals surface area contributed by atoms with E-state index in [0.29, 0.717) is 5.92 Å². The maximum absolute atomic E-state index is 5.76. The number of hydrogen-bond donors (Lipinski definition) is 0. The zero-order valence-corrected chi connectivity index (χ0v) is 9.45. The van der Waals surface area contributed by atoms with Gasteiger partial charge in [-0.05, 0) is 24.5 Å². The van der Waals surface area contributed by atoms with E-state index in [0.717, 1.165) is 17.1 Å². The number of furan rings is 1. The van der Waals surface area contributed by atoms with E-state index in [1.54, 1.807) is 0 Å². The Balaban J connectivity index is 2.43. The molecule has 0 radical (unpaired) electrons. The van der Waals surface area contributed by atoms with Gasteiger partial charge in [-0.15, -0.1) is 0 Å². The van der Waals surface area contributed by atoms with E-state index in [9.17, 15) is 0 Å². The molecule has 1 nitrogen and oxygen atoms in total. The smallest absolute Gasteiger partial charge is 0.134 e. The molecule has 0 aliphatic carbocycles. The van der Waals surface area contributed by atoms with Crippen LogP contribution in [-0.2, 0) is 0 Å². The van der Waals surface area contributed by atoms with Gasteiger partial charge >= 0.3 is 0 Å². The van der Waals surface area contributed by atoms with Crippen molar-refractivity contribution in [3.05, 3.63) is 47.7 Å². The molecule has 0 unspecified atom stereocenters. The average molecular weight is 200 g/mol. The number of rotatable bonds is 2. The third-order valence-electron chi connectivity index (χ3n) is 2.64. The minimum atomic E-state index is 0.520. The molecule has 0 amide bonds. The first-order valence-corrected chi connectivity index (χ1v) is 5.34. The molecular formula is C14H16O. The summed E-state index contributed by atoms with van der Waals surface area (Å²) in [5.74, 6) is 2.52. The van der Waals surface area contributed by atoms with Crippen LogP contribution in [0, 0.1) is 6.92 Å². The van der Waals surface area contributed by atoms with E-state index in [2.05, 4.69) is 32.0 Å². The SMILES string of the molecule is Cc1oc(-c2ccccc2)cc1C(C)C. The first-order valence-electron chi connectivity index (χ1n) is 5.34. The van der Waals surface area contributed by atoms with Crippen molar-refractivity contribution in [2.75, 3.05) is 0 Å². The summed E-state index contributed by atoms with van der Waals surface area (Å²) in [6, 6.07) is 12.4. The Morgan fingerprint density at radius 1 is 1.07 bits per heavy atom. The van der Waals surface area contributed by atoms with Gasteiger partial charge in [-0.3, -0.25) is 0 Å². The van der Waals surface area contributed by atoms with E-state index in [1.165, 1.54) is 5.56 Å². The predicted molar refractivity (Wildman–Crippen MR) is 63.0 cm³/mol. The quantitative estimate of drug-likeness (QED) is 0.701.